The van der Waals surface area contributed by atoms with Crippen molar-refractivity contribution in [1.82, 2.24) is 10.2 Å². The molecule has 0 radical (unpaired) electrons. The van der Waals surface area contributed by atoms with Crippen LogP contribution in [0.3, 0.4) is 0 Å². The van der Waals surface area contributed by atoms with Gasteiger partial charge in [-0.15, -0.1) is 0 Å². The molecule has 3 rings (SSSR count). The second-order valence-electron chi connectivity index (χ2n) is 7.53. The van der Waals surface area contributed by atoms with Crippen molar-refractivity contribution in [3.05, 3.63) is 65.2 Å². The SMILES string of the molecule is COc1ccc(CCNC(=O)C2CCN(C(=O)c3ccc(C(F)(F)F)cc3)CC2)cc1. The maximum atomic E-state index is 12.7. The van der Waals surface area contributed by atoms with E-state index in [0.717, 1.165) is 23.4 Å². The summed E-state index contributed by atoms with van der Waals surface area (Å²) in [7, 11) is 1.61. The van der Waals surface area contributed by atoms with E-state index in [9.17, 15) is 22.8 Å². The lowest BCUT2D eigenvalue weighted by atomic mass is 9.95. The molecule has 5 nitrogen and oxygen atoms in total. The first-order chi connectivity index (χ1) is 14.8. The van der Waals surface area contributed by atoms with Gasteiger partial charge in [0.1, 0.15) is 5.75 Å². The van der Waals surface area contributed by atoms with Crippen LogP contribution >= 0.6 is 0 Å². The number of piperidine rings is 1. The number of hydrogen-bond donors (Lipinski definition) is 1. The summed E-state index contributed by atoms with van der Waals surface area (Å²) in [5.74, 6) is 0.264. The molecule has 1 aliphatic rings. The third kappa shape index (κ3) is 5.99. The molecule has 31 heavy (non-hydrogen) atoms. The largest absolute Gasteiger partial charge is 0.497 e. The first-order valence-corrected chi connectivity index (χ1v) is 10.1. The molecule has 1 saturated heterocycles. The summed E-state index contributed by atoms with van der Waals surface area (Å²) in [6.07, 6.45) is -2.66. The number of likely N-dealkylation sites (tertiary alicyclic amines) is 1. The number of amides is 2. The number of ether oxygens (including phenoxy) is 1. The van der Waals surface area contributed by atoms with Gasteiger partial charge < -0.3 is 15.0 Å². The Morgan fingerprint density at radius 3 is 2.19 bits per heavy atom. The fourth-order valence-corrected chi connectivity index (χ4v) is 3.60. The van der Waals surface area contributed by atoms with E-state index >= 15 is 0 Å². The van der Waals surface area contributed by atoms with Gasteiger partial charge in [0.15, 0.2) is 0 Å². The summed E-state index contributed by atoms with van der Waals surface area (Å²) in [4.78, 5) is 26.6. The molecule has 8 heteroatoms. The second-order valence-corrected chi connectivity index (χ2v) is 7.53. The Labute approximate surface area is 179 Å². The van der Waals surface area contributed by atoms with Gasteiger partial charge in [0, 0.05) is 31.1 Å². The maximum Gasteiger partial charge on any atom is 0.416 e. The van der Waals surface area contributed by atoms with Gasteiger partial charge in [-0.2, -0.15) is 13.2 Å². The standard InChI is InChI=1S/C23H25F3N2O3/c1-31-20-8-2-16(3-9-20)10-13-27-21(29)17-11-14-28(15-12-17)22(30)18-4-6-19(7-5-18)23(24,25)26/h2-9,17H,10-15H2,1H3,(H,27,29). The molecule has 2 aromatic carbocycles. The fourth-order valence-electron chi connectivity index (χ4n) is 3.60. The summed E-state index contributed by atoms with van der Waals surface area (Å²) in [5, 5.41) is 2.95. The van der Waals surface area contributed by atoms with Crippen LogP contribution in [0.25, 0.3) is 0 Å². The van der Waals surface area contributed by atoms with E-state index < -0.39 is 11.7 Å². The van der Waals surface area contributed by atoms with Crippen LogP contribution in [0.1, 0.15) is 34.3 Å². The van der Waals surface area contributed by atoms with Crippen molar-refractivity contribution in [2.45, 2.75) is 25.4 Å². The number of rotatable bonds is 6. The van der Waals surface area contributed by atoms with Crippen molar-refractivity contribution in [2.75, 3.05) is 26.7 Å². The number of benzene rings is 2. The average molecular weight is 434 g/mol. The lowest BCUT2D eigenvalue weighted by Crippen LogP contribution is -2.43. The monoisotopic (exact) mass is 434 g/mol. The van der Waals surface area contributed by atoms with E-state index in [1.165, 1.54) is 12.1 Å². The molecule has 0 aromatic heterocycles. The van der Waals surface area contributed by atoms with Crippen molar-refractivity contribution >= 4 is 11.8 Å². The molecule has 0 spiro atoms. The highest BCUT2D eigenvalue weighted by Crippen LogP contribution is 2.29. The summed E-state index contributed by atoms with van der Waals surface area (Å²) in [6.45, 7) is 1.32. The van der Waals surface area contributed by atoms with E-state index in [-0.39, 0.29) is 23.3 Å². The molecular weight excluding hydrogens is 409 g/mol. The van der Waals surface area contributed by atoms with Crippen LogP contribution in [-0.4, -0.2) is 43.5 Å². The average Bonchev–Trinajstić information content (AvgIpc) is 2.78. The second kappa shape index (κ2) is 9.85. The van der Waals surface area contributed by atoms with E-state index in [1.54, 1.807) is 12.0 Å². The molecule has 166 valence electrons. The van der Waals surface area contributed by atoms with Crippen LogP contribution in [0.15, 0.2) is 48.5 Å². The molecule has 1 heterocycles. The van der Waals surface area contributed by atoms with Crippen LogP contribution in [0.2, 0.25) is 0 Å². The van der Waals surface area contributed by atoms with E-state index in [4.69, 9.17) is 4.74 Å². The zero-order valence-corrected chi connectivity index (χ0v) is 17.2. The number of alkyl halides is 3. The number of methoxy groups -OCH3 is 1. The number of carbonyl (C=O) groups is 2. The van der Waals surface area contributed by atoms with Gasteiger partial charge in [-0.25, -0.2) is 0 Å². The molecule has 2 amide bonds. The van der Waals surface area contributed by atoms with Crippen LogP contribution in [0, 0.1) is 5.92 Å². The number of halogens is 3. The van der Waals surface area contributed by atoms with Crippen molar-refractivity contribution in [3.8, 4) is 5.75 Å². The summed E-state index contributed by atoms with van der Waals surface area (Å²) >= 11 is 0. The highest BCUT2D eigenvalue weighted by molar-refractivity contribution is 5.94. The third-order valence-electron chi connectivity index (χ3n) is 5.48. The van der Waals surface area contributed by atoms with E-state index in [0.29, 0.717) is 38.9 Å². The van der Waals surface area contributed by atoms with Gasteiger partial charge >= 0.3 is 6.18 Å². The minimum Gasteiger partial charge on any atom is -0.497 e. The quantitative estimate of drug-likeness (QED) is 0.750. The van der Waals surface area contributed by atoms with E-state index in [2.05, 4.69) is 5.32 Å². The van der Waals surface area contributed by atoms with Gasteiger partial charge in [0.25, 0.3) is 5.91 Å². The Morgan fingerprint density at radius 2 is 1.65 bits per heavy atom. The van der Waals surface area contributed by atoms with Gasteiger partial charge in [-0.05, 0) is 61.2 Å². The summed E-state index contributed by atoms with van der Waals surface area (Å²) < 4.78 is 43.1. The number of hydrogen-bond acceptors (Lipinski definition) is 3. The Morgan fingerprint density at radius 1 is 1.03 bits per heavy atom. The smallest absolute Gasteiger partial charge is 0.416 e. The van der Waals surface area contributed by atoms with E-state index in [1.807, 2.05) is 24.3 Å². The van der Waals surface area contributed by atoms with Crippen LogP contribution in [-0.2, 0) is 17.4 Å². The Hall–Kier alpha value is -3.03. The molecule has 1 aliphatic heterocycles. The Balaban J connectivity index is 1.43. The lowest BCUT2D eigenvalue weighted by Gasteiger charge is -2.31. The van der Waals surface area contributed by atoms with Gasteiger partial charge in [-0.3, -0.25) is 9.59 Å². The molecule has 1 fully saturated rings. The molecule has 0 aliphatic carbocycles. The molecule has 0 bridgehead atoms. The third-order valence-corrected chi connectivity index (χ3v) is 5.48. The van der Waals surface area contributed by atoms with Crippen molar-refractivity contribution < 1.29 is 27.5 Å². The minimum atomic E-state index is -4.43. The zero-order valence-electron chi connectivity index (χ0n) is 17.2. The van der Waals surface area contributed by atoms with Crippen molar-refractivity contribution in [1.29, 1.82) is 0 Å². The normalized spacial score (nSPS) is 14.9. The molecule has 0 atom stereocenters. The van der Waals surface area contributed by atoms with Crippen molar-refractivity contribution in [2.24, 2.45) is 5.92 Å². The molecular formula is C23H25F3N2O3. The predicted molar refractivity (Wildman–Crippen MR) is 110 cm³/mol. The zero-order chi connectivity index (χ0) is 22.4. The maximum absolute atomic E-state index is 12.7. The fraction of sp³-hybridized carbons (Fsp3) is 0.391. The summed E-state index contributed by atoms with van der Waals surface area (Å²) in [6, 6.07) is 11.9. The van der Waals surface area contributed by atoms with Crippen molar-refractivity contribution in [3.63, 3.8) is 0 Å². The first kappa shape index (κ1) is 22.7. The van der Waals surface area contributed by atoms with Crippen LogP contribution < -0.4 is 10.1 Å². The van der Waals surface area contributed by atoms with Gasteiger partial charge in [0.2, 0.25) is 5.91 Å². The lowest BCUT2D eigenvalue weighted by molar-refractivity contribution is -0.137. The van der Waals surface area contributed by atoms with Crippen LogP contribution in [0.5, 0.6) is 5.75 Å². The Bertz CT molecular complexity index is 888. The first-order valence-electron chi connectivity index (χ1n) is 10.1. The number of carbonyl (C=O) groups excluding carboxylic acids is 2. The Kier molecular flexibility index (Phi) is 7.20. The van der Waals surface area contributed by atoms with Gasteiger partial charge in [0.05, 0.1) is 12.7 Å². The highest BCUT2D eigenvalue weighted by Gasteiger charge is 2.31. The number of nitrogens with zero attached hydrogens (tertiary/aromatic N) is 1. The molecule has 2 aromatic rings. The minimum absolute atomic E-state index is 0.0323. The number of nitrogens with one attached hydrogen (secondary N) is 1. The van der Waals surface area contributed by atoms with Crippen LogP contribution in [0.4, 0.5) is 13.2 Å². The topological polar surface area (TPSA) is 58.6 Å². The molecule has 0 unspecified atom stereocenters. The summed E-state index contributed by atoms with van der Waals surface area (Å²) in [5.41, 5.74) is 0.530. The molecule has 1 N–H and O–H groups in total. The highest BCUT2D eigenvalue weighted by atomic mass is 19.4. The van der Waals surface area contributed by atoms with Gasteiger partial charge in [-0.1, -0.05) is 12.1 Å². The molecule has 0 saturated carbocycles. The predicted octanol–water partition coefficient (Wildman–Crippen LogP) is 3.93.